The van der Waals surface area contributed by atoms with Crippen LogP contribution in [0.15, 0.2) is 66.7 Å². The van der Waals surface area contributed by atoms with Crippen LogP contribution in [0.1, 0.15) is 29.5 Å². The summed E-state index contributed by atoms with van der Waals surface area (Å²) in [6.45, 7) is 5.11. The monoisotopic (exact) mass is 506 g/mol. The minimum absolute atomic E-state index is 0.00814. The van der Waals surface area contributed by atoms with Gasteiger partial charge in [0.15, 0.2) is 0 Å². The van der Waals surface area contributed by atoms with Crippen LogP contribution in [-0.2, 0) is 17.9 Å². The second kappa shape index (κ2) is 12.1. The molecule has 0 aliphatic carbocycles. The molecule has 0 saturated carbocycles. The summed E-state index contributed by atoms with van der Waals surface area (Å²) in [5.41, 5.74) is 3.25. The number of benzene rings is 3. The maximum atomic E-state index is 13.4. The number of carbonyl (C=O) groups is 1. The number of halogens is 1. The van der Waals surface area contributed by atoms with E-state index in [2.05, 4.69) is 17.0 Å². The summed E-state index contributed by atoms with van der Waals surface area (Å²) in [4.78, 5) is 16.9. The highest BCUT2D eigenvalue weighted by Gasteiger charge is 2.35. The molecule has 3 aromatic carbocycles. The first-order valence-electron chi connectivity index (χ1n) is 12.5. The summed E-state index contributed by atoms with van der Waals surface area (Å²) in [6, 6.07) is 20.5. The minimum Gasteiger partial charge on any atom is -0.497 e. The van der Waals surface area contributed by atoms with Crippen LogP contribution in [0.25, 0.3) is 0 Å². The highest BCUT2D eigenvalue weighted by Crippen LogP contribution is 2.36. The second-order valence-electron chi connectivity index (χ2n) is 9.58. The SMILES string of the molecule is COc1ccc([C@H]2CN(Cc3cc(OC)cc(OC)c3)C[C@H]2CN(Cc2ccc(F)cc2)C(C)=O)cc1. The van der Waals surface area contributed by atoms with Gasteiger partial charge in [0.25, 0.3) is 0 Å². The van der Waals surface area contributed by atoms with E-state index in [0.29, 0.717) is 13.1 Å². The van der Waals surface area contributed by atoms with E-state index in [1.807, 2.05) is 35.2 Å². The van der Waals surface area contributed by atoms with Gasteiger partial charge in [0, 0.05) is 51.6 Å². The van der Waals surface area contributed by atoms with E-state index >= 15 is 0 Å². The minimum atomic E-state index is -0.279. The van der Waals surface area contributed by atoms with Crippen LogP contribution in [0, 0.1) is 11.7 Å². The molecule has 0 unspecified atom stereocenters. The van der Waals surface area contributed by atoms with Gasteiger partial charge in [0.1, 0.15) is 23.1 Å². The third-order valence-corrected chi connectivity index (χ3v) is 7.06. The quantitative estimate of drug-likeness (QED) is 0.382. The topological polar surface area (TPSA) is 51.2 Å². The van der Waals surface area contributed by atoms with Crippen molar-refractivity contribution in [3.8, 4) is 17.2 Å². The van der Waals surface area contributed by atoms with Crippen LogP contribution in [0.5, 0.6) is 17.2 Å². The van der Waals surface area contributed by atoms with Crippen molar-refractivity contribution in [3.05, 3.63) is 89.2 Å². The van der Waals surface area contributed by atoms with Gasteiger partial charge in [-0.1, -0.05) is 24.3 Å². The average Bonchev–Trinajstić information content (AvgIpc) is 3.30. The fraction of sp³-hybridized carbons (Fsp3) is 0.367. The van der Waals surface area contributed by atoms with Crippen molar-refractivity contribution in [3.63, 3.8) is 0 Å². The molecule has 0 aromatic heterocycles. The maximum absolute atomic E-state index is 13.4. The molecular weight excluding hydrogens is 471 g/mol. The van der Waals surface area contributed by atoms with Gasteiger partial charge in [-0.15, -0.1) is 0 Å². The van der Waals surface area contributed by atoms with E-state index < -0.39 is 0 Å². The number of ether oxygens (including phenoxy) is 3. The Balaban J connectivity index is 1.56. The van der Waals surface area contributed by atoms with Crippen molar-refractivity contribution < 1.29 is 23.4 Å². The highest BCUT2D eigenvalue weighted by molar-refractivity contribution is 5.73. The Bertz CT molecular complexity index is 1160. The molecule has 6 nitrogen and oxygen atoms in total. The number of rotatable bonds is 10. The predicted molar refractivity (Wildman–Crippen MR) is 142 cm³/mol. The van der Waals surface area contributed by atoms with Gasteiger partial charge >= 0.3 is 0 Å². The number of methoxy groups -OCH3 is 3. The summed E-state index contributed by atoms with van der Waals surface area (Å²) < 4.78 is 29.7. The number of carbonyl (C=O) groups excluding carboxylic acids is 1. The number of hydrogen-bond acceptors (Lipinski definition) is 5. The lowest BCUT2D eigenvalue weighted by atomic mass is 9.88. The molecule has 4 rings (SSSR count). The van der Waals surface area contributed by atoms with Crippen LogP contribution >= 0.6 is 0 Å². The molecule has 0 radical (unpaired) electrons. The Kier molecular flexibility index (Phi) is 8.66. The van der Waals surface area contributed by atoms with Crippen LogP contribution in [-0.4, -0.2) is 56.7 Å². The normalized spacial score (nSPS) is 17.4. The highest BCUT2D eigenvalue weighted by atomic mass is 19.1. The van der Waals surface area contributed by atoms with E-state index in [4.69, 9.17) is 14.2 Å². The number of nitrogens with zero attached hydrogens (tertiary/aromatic N) is 2. The van der Waals surface area contributed by atoms with Crippen LogP contribution in [0.2, 0.25) is 0 Å². The summed E-state index contributed by atoms with van der Waals surface area (Å²) in [5, 5.41) is 0. The molecule has 0 bridgehead atoms. The van der Waals surface area contributed by atoms with Gasteiger partial charge < -0.3 is 19.1 Å². The lowest BCUT2D eigenvalue weighted by Gasteiger charge is -2.28. The van der Waals surface area contributed by atoms with Gasteiger partial charge in [-0.05, 0) is 59.0 Å². The Morgan fingerprint density at radius 2 is 1.49 bits per heavy atom. The van der Waals surface area contributed by atoms with Crippen molar-refractivity contribution in [2.75, 3.05) is 41.0 Å². The van der Waals surface area contributed by atoms with E-state index in [-0.39, 0.29) is 23.6 Å². The van der Waals surface area contributed by atoms with E-state index in [9.17, 15) is 9.18 Å². The van der Waals surface area contributed by atoms with Gasteiger partial charge in [0.2, 0.25) is 5.91 Å². The van der Waals surface area contributed by atoms with E-state index in [1.54, 1.807) is 40.4 Å². The van der Waals surface area contributed by atoms with Crippen molar-refractivity contribution in [1.82, 2.24) is 9.80 Å². The van der Waals surface area contributed by atoms with Crippen LogP contribution in [0.3, 0.4) is 0 Å². The molecule has 3 aromatic rings. The van der Waals surface area contributed by atoms with Gasteiger partial charge in [-0.3, -0.25) is 9.69 Å². The Hall–Kier alpha value is -3.58. The molecular formula is C30H35FN2O4. The first-order chi connectivity index (χ1) is 17.9. The summed E-state index contributed by atoms with van der Waals surface area (Å²) >= 11 is 0. The number of likely N-dealkylation sites (tertiary alicyclic amines) is 1. The second-order valence-corrected chi connectivity index (χ2v) is 9.58. The third kappa shape index (κ3) is 6.80. The fourth-order valence-corrected chi connectivity index (χ4v) is 5.12. The van der Waals surface area contributed by atoms with Gasteiger partial charge in [0.05, 0.1) is 21.3 Å². The lowest BCUT2D eigenvalue weighted by Crippen LogP contribution is -2.35. The maximum Gasteiger partial charge on any atom is 0.219 e. The standard InChI is InChI=1S/C30H35FN2O4/c1-21(34)33(17-22-5-9-26(31)10-6-22)19-25-18-32(16-23-13-28(36-3)15-29(14-23)37-4)20-30(25)24-7-11-27(35-2)12-8-24/h5-15,25,30H,16-20H2,1-4H3/t25-,30+/m0/s1. The van der Waals surface area contributed by atoms with Crippen LogP contribution < -0.4 is 14.2 Å². The van der Waals surface area contributed by atoms with Crippen molar-refractivity contribution in [1.29, 1.82) is 0 Å². The summed E-state index contributed by atoms with van der Waals surface area (Å²) in [5.74, 6) is 2.55. The molecule has 1 amide bonds. The molecule has 2 atom stereocenters. The molecule has 0 N–H and O–H groups in total. The zero-order valence-electron chi connectivity index (χ0n) is 21.9. The predicted octanol–water partition coefficient (Wildman–Crippen LogP) is 5.12. The lowest BCUT2D eigenvalue weighted by molar-refractivity contribution is -0.130. The molecule has 1 fully saturated rings. The molecule has 1 aliphatic heterocycles. The first kappa shape index (κ1) is 26.5. The molecule has 196 valence electrons. The third-order valence-electron chi connectivity index (χ3n) is 7.06. The van der Waals surface area contributed by atoms with Crippen molar-refractivity contribution >= 4 is 5.91 Å². The van der Waals surface area contributed by atoms with Gasteiger partial charge in [-0.25, -0.2) is 4.39 Å². The molecule has 1 aliphatic rings. The molecule has 1 heterocycles. The van der Waals surface area contributed by atoms with E-state index in [0.717, 1.165) is 48.0 Å². The van der Waals surface area contributed by atoms with Crippen molar-refractivity contribution in [2.45, 2.75) is 25.9 Å². The smallest absolute Gasteiger partial charge is 0.219 e. The summed E-state index contributed by atoms with van der Waals surface area (Å²) in [6.07, 6.45) is 0. The Morgan fingerprint density at radius 3 is 2.05 bits per heavy atom. The number of hydrogen-bond donors (Lipinski definition) is 0. The van der Waals surface area contributed by atoms with Gasteiger partial charge in [-0.2, -0.15) is 0 Å². The zero-order valence-corrected chi connectivity index (χ0v) is 21.9. The largest absolute Gasteiger partial charge is 0.497 e. The molecule has 1 saturated heterocycles. The summed E-state index contributed by atoms with van der Waals surface area (Å²) in [7, 11) is 4.97. The molecule has 7 heteroatoms. The molecule has 0 spiro atoms. The number of amides is 1. The fourth-order valence-electron chi connectivity index (χ4n) is 5.12. The Morgan fingerprint density at radius 1 is 0.865 bits per heavy atom. The van der Waals surface area contributed by atoms with Crippen molar-refractivity contribution in [2.24, 2.45) is 5.92 Å². The zero-order chi connectivity index (χ0) is 26.4. The Labute approximate surface area is 218 Å². The first-order valence-corrected chi connectivity index (χ1v) is 12.5. The van der Waals surface area contributed by atoms with Crippen LogP contribution in [0.4, 0.5) is 4.39 Å². The average molecular weight is 507 g/mol. The van der Waals surface area contributed by atoms with E-state index in [1.165, 1.54) is 17.7 Å². The molecule has 37 heavy (non-hydrogen) atoms.